The van der Waals surface area contributed by atoms with Crippen LogP contribution in [0.3, 0.4) is 0 Å². The summed E-state index contributed by atoms with van der Waals surface area (Å²) in [6.07, 6.45) is 4.24. The molecular formula is C13H11NO2. The molecule has 0 saturated heterocycles. The summed E-state index contributed by atoms with van der Waals surface area (Å²) in [4.78, 5) is 14.9. The van der Waals surface area contributed by atoms with E-state index in [4.69, 9.17) is 4.74 Å². The highest BCUT2D eigenvalue weighted by Crippen LogP contribution is 2.31. The second kappa shape index (κ2) is 4.57. The molecule has 2 aromatic rings. The number of methoxy groups -OCH3 is 1. The van der Waals surface area contributed by atoms with Gasteiger partial charge in [0.2, 0.25) is 0 Å². The van der Waals surface area contributed by atoms with Crippen molar-refractivity contribution < 1.29 is 9.53 Å². The Bertz CT molecular complexity index is 495. The van der Waals surface area contributed by atoms with E-state index in [1.165, 1.54) is 0 Å². The maximum atomic E-state index is 10.9. The average Bonchev–Trinajstić information content (AvgIpc) is 2.38. The third kappa shape index (κ3) is 1.80. The topological polar surface area (TPSA) is 39.2 Å². The molecule has 0 saturated carbocycles. The number of aldehydes is 1. The minimum absolute atomic E-state index is 0.545. The molecule has 80 valence electrons. The molecule has 0 aliphatic heterocycles. The highest BCUT2D eigenvalue weighted by Gasteiger charge is 2.09. The lowest BCUT2D eigenvalue weighted by molar-refractivity contribution is 0.112. The van der Waals surface area contributed by atoms with Crippen LogP contribution in [0.1, 0.15) is 10.4 Å². The number of carbonyl (C=O) groups excluding carboxylic acids is 1. The van der Waals surface area contributed by atoms with Crippen LogP contribution >= 0.6 is 0 Å². The van der Waals surface area contributed by atoms with Crippen LogP contribution in [-0.2, 0) is 0 Å². The molecule has 0 bridgehead atoms. The van der Waals surface area contributed by atoms with Gasteiger partial charge >= 0.3 is 0 Å². The Morgan fingerprint density at radius 3 is 2.75 bits per heavy atom. The molecule has 0 radical (unpaired) electrons. The first kappa shape index (κ1) is 10.4. The van der Waals surface area contributed by atoms with Gasteiger partial charge in [-0.3, -0.25) is 9.78 Å². The summed E-state index contributed by atoms with van der Waals surface area (Å²) in [5, 5.41) is 0. The fourth-order valence-corrected chi connectivity index (χ4v) is 1.62. The van der Waals surface area contributed by atoms with Crippen molar-refractivity contribution in [3.05, 3.63) is 48.3 Å². The molecule has 2 rings (SSSR count). The zero-order valence-corrected chi connectivity index (χ0v) is 8.88. The van der Waals surface area contributed by atoms with Crippen molar-refractivity contribution in [2.75, 3.05) is 7.11 Å². The number of ether oxygens (including phenoxy) is 1. The van der Waals surface area contributed by atoms with Crippen LogP contribution in [-0.4, -0.2) is 18.4 Å². The van der Waals surface area contributed by atoms with E-state index in [9.17, 15) is 4.79 Å². The van der Waals surface area contributed by atoms with Crippen molar-refractivity contribution in [2.45, 2.75) is 0 Å². The molecule has 0 aliphatic rings. The maximum absolute atomic E-state index is 10.9. The van der Waals surface area contributed by atoms with Crippen LogP contribution in [0.15, 0.2) is 42.7 Å². The molecule has 0 spiro atoms. The van der Waals surface area contributed by atoms with Crippen LogP contribution in [0.2, 0.25) is 0 Å². The molecule has 0 amide bonds. The van der Waals surface area contributed by atoms with E-state index in [2.05, 4.69) is 4.98 Å². The molecule has 0 aliphatic carbocycles. The second-order valence-corrected chi connectivity index (χ2v) is 3.29. The predicted molar refractivity (Wildman–Crippen MR) is 61.6 cm³/mol. The number of para-hydroxylation sites is 1. The lowest BCUT2D eigenvalue weighted by Gasteiger charge is -2.09. The number of pyridine rings is 1. The standard InChI is InChI=1S/C13H11NO2/c1-16-13-11(9-15)4-2-6-12(13)10-5-3-7-14-8-10/h2-9H,1H3. The molecule has 1 aromatic carbocycles. The first-order valence-corrected chi connectivity index (χ1v) is 4.89. The average molecular weight is 213 g/mol. The number of aromatic nitrogens is 1. The van der Waals surface area contributed by atoms with Gasteiger partial charge in [0.15, 0.2) is 6.29 Å². The number of hydrogen-bond acceptors (Lipinski definition) is 3. The summed E-state index contributed by atoms with van der Waals surface area (Å²) >= 11 is 0. The highest BCUT2D eigenvalue weighted by molar-refractivity contribution is 5.85. The van der Waals surface area contributed by atoms with E-state index in [0.29, 0.717) is 11.3 Å². The van der Waals surface area contributed by atoms with E-state index in [0.717, 1.165) is 17.4 Å². The normalized spacial score (nSPS) is 9.81. The number of rotatable bonds is 3. The van der Waals surface area contributed by atoms with Gasteiger partial charge in [-0.2, -0.15) is 0 Å². The van der Waals surface area contributed by atoms with Gasteiger partial charge in [0.25, 0.3) is 0 Å². The van der Waals surface area contributed by atoms with Gasteiger partial charge in [-0.25, -0.2) is 0 Å². The Balaban J connectivity index is 2.61. The van der Waals surface area contributed by atoms with E-state index < -0.39 is 0 Å². The van der Waals surface area contributed by atoms with Crippen LogP contribution in [0.4, 0.5) is 0 Å². The van der Waals surface area contributed by atoms with Crippen molar-refractivity contribution in [1.29, 1.82) is 0 Å². The number of benzene rings is 1. The summed E-state index contributed by atoms with van der Waals surface area (Å²) in [5.74, 6) is 0.588. The smallest absolute Gasteiger partial charge is 0.153 e. The molecule has 0 unspecified atom stereocenters. The molecule has 16 heavy (non-hydrogen) atoms. The van der Waals surface area contributed by atoms with Crippen LogP contribution in [0.25, 0.3) is 11.1 Å². The highest BCUT2D eigenvalue weighted by atomic mass is 16.5. The number of nitrogens with zero attached hydrogens (tertiary/aromatic N) is 1. The summed E-state index contributed by atoms with van der Waals surface area (Å²) in [6, 6.07) is 9.24. The van der Waals surface area contributed by atoms with Crippen LogP contribution in [0, 0.1) is 0 Å². The van der Waals surface area contributed by atoms with Gasteiger partial charge in [-0.15, -0.1) is 0 Å². The van der Waals surface area contributed by atoms with Gasteiger partial charge in [-0.05, 0) is 12.1 Å². The van der Waals surface area contributed by atoms with E-state index in [1.54, 1.807) is 25.6 Å². The largest absolute Gasteiger partial charge is 0.495 e. The van der Waals surface area contributed by atoms with Gasteiger partial charge < -0.3 is 4.74 Å². The Kier molecular flexibility index (Phi) is 2.96. The third-order valence-corrected chi connectivity index (χ3v) is 2.35. The Labute approximate surface area is 93.7 Å². The zero-order valence-electron chi connectivity index (χ0n) is 8.88. The quantitative estimate of drug-likeness (QED) is 0.735. The van der Waals surface area contributed by atoms with Gasteiger partial charge in [0, 0.05) is 23.5 Å². The zero-order chi connectivity index (χ0) is 11.4. The van der Waals surface area contributed by atoms with Crippen LogP contribution in [0.5, 0.6) is 5.75 Å². The van der Waals surface area contributed by atoms with E-state index in [-0.39, 0.29) is 0 Å². The molecule has 1 aromatic heterocycles. The molecular weight excluding hydrogens is 202 g/mol. The SMILES string of the molecule is COc1c(C=O)cccc1-c1cccnc1. The van der Waals surface area contributed by atoms with Crippen LogP contribution < -0.4 is 4.74 Å². The van der Waals surface area contributed by atoms with Gasteiger partial charge in [0.1, 0.15) is 5.75 Å². The predicted octanol–water partition coefficient (Wildman–Crippen LogP) is 2.57. The Morgan fingerprint density at radius 2 is 2.12 bits per heavy atom. The lowest BCUT2D eigenvalue weighted by Crippen LogP contribution is -1.93. The fraction of sp³-hybridized carbons (Fsp3) is 0.0769. The number of carbonyl (C=O) groups is 1. The fourth-order valence-electron chi connectivity index (χ4n) is 1.62. The maximum Gasteiger partial charge on any atom is 0.153 e. The van der Waals surface area contributed by atoms with Crippen molar-refractivity contribution in [3.63, 3.8) is 0 Å². The first-order chi connectivity index (χ1) is 7.86. The molecule has 1 heterocycles. The van der Waals surface area contributed by atoms with Crippen molar-refractivity contribution in [3.8, 4) is 16.9 Å². The molecule has 3 nitrogen and oxygen atoms in total. The van der Waals surface area contributed by atoms with Crippen molar-refractivity contribution in [1.82, 2.24) is 4.98 Å². The minimum atomic E-state index is 0.545. The first-order valence-electron chi connectivity index (χ1n) is 4.89. The molecule has 0 atom stereocenters. The Morgan fingerprint density at radius 1 is 1.25 bits per heavy atom. The monoisotopic (exact) mass is 213 g/mol. The summed E-state index contributed by atoms with van der Waals surface area (Å²) in [7, 11) is 1.56. The van der Waals surface area contributed by atoms with Crippen molar-refractivity contribution >= 4 is 6.29 Å². The van der Waals surface area contributed by atoms with Gasteiger partial charge in [0.05, 0.1) is 12.7 Å². The molecule has 0 fully saturated rings. The summed E-state index contributed by atoms with van der Waals surface area (Å²) < 4.78 is 5.26. The second-order valence-electron chi connectivity index (χ2n) is 3.29. The molecule has 0 N–H and O–H groups in total. The minimum Gasteiger partial charge on any atom is -0.495 e. The summed E-state index contributed by atoms with van der Waals surface area (Å²) in [6.45, 7) is 0. The Hall–Kier alpha value is -2.16. The van der Waals surface area contributed by atoms with Crippen molar-refractivity contribution in [2.24, 2.45) is 0 Å². The lowest BCUT2D eigenvalue weighted by atomic mass is 10.0. The van der Waals surface area contributed by atoms with Gasteiger partial charge in [-0.1, -0.05) is 18.2 Å². The number of hydrogen-bond donors (Lipinski definition) is 0. The summed E-state index contributed by atoms with van der Waals surface area (Å²) in [5.41, 5.74) is 2.35. The third-order valence-electron chi connectivity index (χ3n) is 2.35. The molecule has 3 heteroatoms. The van der Waals surface area contributed by atoms with E-state index in [1.807, 2.05) is 24.3 Å². The van der Waals surface area contributed by atoms with E-state index >= 15 is 0 Å².